The topological polar surface area (TPSA) is 56.7 Å². The number of nitrogens with zero attached hydrogens (tertiary/aromatic N) is 4. The number of thiophene rings is 1. The first-order valence-corrected chi connectivity index (χ1v) is 17.8. The third-order valence-electron chi connectivity index (χ3n) is 9.87. The molecule has 0 saturated carbocycles. The fourth-order valence-corrected chi connectivity index (χ4v) is 8.76. The number of hydrogen-bond donors (Lipinski definition) is 0. The SMILES string of the molecule is c1ccc(-c2nc(-c3ccc4c(c3)c3ccccc3n4-c3cccc4c3oc3ccccc34)nc(-c3cccc4c3sc3ccccc34)n2)cc1. The molecule has 6 heteroatoms. The third-order valence-corrected chi connectivity index (χ3v) is 11.1. The zero-order chi connectivity index (χ0) is 33.5. The molecule has 7 aromatic carbocycles. The molecule has 0 aliphatic carbocycles. The van der Waals surface area contributed by atoms with Gasteiger partial charge in [-0.1, -0.05) is 109 Å². The standard InChI is InChI=1S/C45H26N4OS/c1-2-12-27(13-3-1)43-46-44(48-45(47-43)34-19-10-18-33-31-16-6-9-23-40(31)51-42(33)34)28-24-25-37-35(26-28)29-14-4-7-20-36(29)49(37)38-21-11-17-32-30-15-5-8-22-39(30)50-41(32)38/h1-26H. The lowest BCUT2D eigenvalue weighted by Crippen LogP contribution is -2.00. The summed E-state index contributed by atoms with van der Waals surface area (Å²) in [5, 5.41) is 6.94. The highest BCUT2D eigenvalue weighted by molar-refractivity contribution is 7.26. The van der Waals surface area contributed by atoms with Crippen LogP contribution in [0.15, 0.2) is 162 Å². The van der Waals surface area contributed by atoms with Crippen LogP contribution in [-0.2, 0) is 0 Å². The Kier molecular flexibility index (Phi) is 6.05. The van der Waals surface area contributed by atoms with E-state index in [1.165, 1.54) is 20.2 Å². The Bertz CT molecular complexity index is 3150. The van der Waals surface area contributed by atoms with Crippen molar-refractivity contribution in [2.45, 2.75) is 0 Å². The van der Waals surface area contributed by atoms with Crippen LogP contribution in [0.5, 0.6) is 0 Å². The van der Waals surface area contributed by atoms with E-state index in [0.29, 0.717) is 17.5 Å². The molecular weight excluding hydrogens is 645 g/mol. The number of rotatable bonds is 4. The van der Waals surface area contributed by atoms with Gasteiger partial charge in [0.1, 0.15) is 5.58 Å². The Balaban J connectivity index is 1.15. The average Bonchev–Trinajstić information content (AvgIpc) is 3.87. The smallest absolute Gasteiger partial charge is 0.165 e. The van der Waals surface area contributed by atoms with E-state index >= 15 is 0 Å². The lowest BCUT2D eigenvalue weighted by atomic mass is 10.1. The first-order chi connectivity index (χ1) is 25.3. The van der Waals surface area contributed by atoms with Gasteiger partial charge in [0, 0.05) is 58.4 Å². The first-order valence-electron chi connectivity index (χ1n) is 16.9. The summed E-state index contributed by atoms with van der Waals surface area (Å²) in [6, 6.07) is 54.9. The predicted octanol–water partition coefficient (Wildman–Crippen LogP) is 12.2. The third kappa shape index (κ3) is 4.30. The van der Waals surface area contributed by atoms with Crippen molar-refractivity contribution in [1.29, 1.82) is 0 Å². The highest BCUT2D eigenvalue weighted by Gasteiger charge is 2.20. The van der Waals surface area contributed by atoms with Crippen LogP contribution >= 0.6 is 11.3 Å². The minimum absolute atomic E-state index is 0.634. The van der Waals surface area contributed by atoms with Crippen molar-refractivity contribution in [3.63, 3.8) is 0 Å². The van der Waals surface area contributed by atoms with Crippen LogP contribution in [0, 0.1) is 0 Å². The number of aromatic nitrogens is 4. The van der Waals surface area contributed by atoms with Crippen LogP contribution in [-0.4, -0.2) is 19.5 Å². The van der Waals surface area contributed by atoms with Gasteiger partial charge in [-0.05, 0) is 48.5 Å². The molecule has 11 rings (SSSR count). The van der Waals surface area contributed by atoms with E-state index in [1.54, 1.807) is 11.3 Å². The second-order valence-corrected chi connectivity index (χ2v) is 13.8. The van der Waals surface area contributed by atoms with Gasteiger partial charge in [-0.15, -0.1) is 11.3 Å². The maximum atomic E-state index is 6.51. The van der Waals surface area contributed by atoms with E-state index in [0.717, 1.165) is 66.1 Å². The van der Waals surface area contributed by atoms with Crippen molar-refractivity contribution in [2.24, 2.45) is 0 Å². The molecule has 238 valence electrons. The quantitative estimate of drug-likeness (QED) is 0.187. The Hall–Kier alpha value is -6.63. The van der Waals surface area contributed by atoms with Gasteiger partial charge in [0.05, 0.1) is 16.7 Å². The van der Waals surface area contributed by atoms with E-state index in [9.17, 15) is 0 Å². The molecular formula is C45H26N4OS. The molecule has 0 atom stereocenters. The highest BCUT2D eigenvalue weighted by Crippen LogP contribution is 2.41. The summed E-state index contributed by atoms with van der Waals surface area (Å²) in [7, 11) is 0. The number of para-hydroxylation sites is 3. The fraction of sp³-hybridized carbons (Fsp3) is 0. The van der Waals surface area contributed by atoms with Crippen molar-refractivity contribution >= 4 is 75.3 Å². The van der Waals surface area contributed by atoms with E-state index in [1.807, 2.05) is 30.3 Å². The molecule has 0 spiro atoms. The molecule has 5 nitrogen and oxygen atoms in total. The van der Waals surface area contributed by atoms with Gasteiger partial charge in [-0.2, -0.15) is 0 Å². The van der Waals surface area contributed by atoms with Crippen LogP contribution in [0.1, 0.15) is 0 Å². The van der Waals surface area contributed by atoms with Gasteiger partial charge in [0.2, 0.25) is 0 Å². The van der Waals surface area contributed by atoms with Crippen LogP contribution in [0.25, 0.3) is 104 Å². The fourth-order valence-electron chi connectivity index (χ4n) is 7.54. The summed E-state index contributed by atoms with van der Waals surface area (Å²) in [5.41, 5.74) is 7.83. The molecule has 51 heavy (non-hydrogen) atoms. The molecule has 0 unspecified atom stereocenters. The zero-order valence-corrected chi connectivity index (χ0v) is 27.9. The second kappa shape index (κ2) is 10.9. The van der Waals surface area contributed by atoms with E-state index in [-0.39, 0.29) is 0 Å². The molecule has 0 bridgehead atoms. The Morgan fingerprint density at radius 1 is 0.451 bits per heavy atom. The van der Waals surface area contributed by atoms with Crippen molar-refractivity contribution in [3.8, 4) is 39.9 Å². The van der Waals surface area contributed by atoms with Gasteiger partial charge < -0.3 is 8.98 Å². The lowest BCUT2D eigenvalue weighted by Gasteiger charge is -2.10. The summed E-state index contributed by atoms with van der Waals surface area (Å²) >= 11 is 1.78. The largest absolute Gasteiger partial charge is 0.454 e. The molecule has 11 aromatic rings. The molecule has 0 aliphatic rings. The van der Waals surface area contributed by atoms with Crippen LogP contribution in [0.3, 0.4) is 0 Å². The molecule has 0 aliphatic heterocycles. The van der Waals surface area contributed by atoms with Crippen LogP contribution in [0.2, 0.25) is 0 Å². The van der Waals surface area contributed by atoms with Gasteiger partial charge in [0.15, 0.2) is 23.1 Å². The average molecular weight is 671 g/mol. The molecule has 0 N–H and O–H groups in total. The van der Waals surface area contributed by atoms with Crippen molar-refractivity contribution in [2.75, 3.05) is 0 Å². The molecule has 0 amide bonds. The maximum absolute atomic E-state index is 6.51. The Labute approximate surface area is 295 Å². The first kappa shape index (κ1) is 28.2. The van der Waals surface area contributed by atoms with Crippen LogP contribution in [0.4, 0.5) is 0 Å². The van der Waals surface area contributed by atoms with Crippen LogP contribution < -0.4 is 0 Å². The summed E-state index contributed by atoms with van der Waals surface area (Å²) in [6.07, 6.45) is 0. The van der Waals surface area contributed by atoms with Gasteiger partial charge >= 0.3 is 0 Å². The number of fused-ring (bicyclic) bond motifs is 9. The van der Waals surface area contributed by atoms with Gasteiger partial charge in [-0.3, -0.25) is 0 Å². The minimum Gasteiger partial charge on any atom is -0.454 e. The van der Waals surface area contributed by atoms with Crippen molar-refractivity contribution in [3.05, 3.63) is 158 Å². The maximum Gasteiger partial charge on any atom is 0.165 e. The minimum atomic E-state index is 0.634. The number of furan rings is 1. The Morgan fingerprint density at radius 3 is 2.02 bits per heavy atom. The monoisotopic (exact) mass is 670 g/mol. The summed E-state index contributed by atoms with van der Waals surface area (Å²) in [4.78, 5) is 15.4. The van der Waals surface area contributed by atoms with Gasteiger partial charge in [-0.25, -0.2) is 15.0 Å². The number of hydrogen-bond acceptors (Lipinski definition) is 5. The lowest BCUT2D eigenvalue weighted by molar-refractivity contribution is 0.666. The molecule has 0 saturated heterocycles. The van der Waals surface area contributed by atoms with E-state index < -0.39 is 0 Å². The molecule has 0 radical (unpaired) electrons. The van der Waals surface area contributed by atoms with Gasteiger partial charge in [0.25, 0.3) is 0 Å². The molecule has 4 heterocycles. The molecule has 4 aromatic heterocycles. The summed E-state index contributed by atoms with van der Waals surface area (Å²) in [6.45, 7) is 0. The van der Waals surface area contributed by atoms with Crippen molar-refractivity contribution in [1.82, 2.24) is 19.5 Å². The van der Waals surface area contributed by atoms with Crippen molar-refractivity contribution < 1.29 is 4.42 Å². The van der Waals surface area contributed by atoms with E-state index in [4.69, 9.17) is 19.4 Å². The summed E-state index contributed by atoms with van der Waals surface area (Å²) < 4.78 is 11.2. The zero-order valence-electron chi connectivity index (χ0n) is 27.1. The van der Waals surface area contributed by atoms with E-state index in [2.05, 4.69) is 132 Å². The highest BCUT2D eigenvalue weighted by atomic mass is 32.1. The summed E-state index contributed by atoms with van der Waals surface area (Å²) in [5.74, 6) is 1.94. The normalized spacial score (nSPS) is 11.9. The Morgan fingerprint density at radius 2 is 1.12 bits per heavy atom. The molecule has 0 fully saturated rings. The second-order valence-electron chi connectivity index (χ2n) is 12.8. The number of benzene rings is 7. The predicted molar refractivity (Wildman–Crippen MR) is 211 cm³/mol.